The topological polar surface area (TPSA) is 146 Å². The van der Waals surface area contributed by atoms with Crippen molar-refractivity contribution >= 4 is 27.6 Å². The van der Waals surface area contributed by atoms with Gasteiger partial charge in [0.15, 0.2) is 11.7 Å². The predicted octanol–water partition coefficient (Wildman–Crippen LogP) is 0.191. The Morgan fingerprint density at radius 3 is 2.27 bits per heavy atom. The first-order valence-corrected chi connectivity index (χ1v) is 7.47. The van der Waals surface area contributed by atoms with Crippen LogP contribution in [0.3, 0.4) is 0 Å². The Bertz CT molecular complexity index is 768. The number of guanidine groups is 1. The largest absolute Gasteiger partial charge is 0.494 e. The number of benzene rings is 1. The molecule has 9 nitrogen and oxygen atoms in total. The molecule has 0 radical (unpaired) electrons. The van der Waals surface area contributed by atoms with Gasteiger partial charge in [0.1, 0.15) is 0 Å². The van der Waals surface area contributed by atoms with E-state index in [2.05, 4.69) is 19.7 Å². The molecule has 0 amide bonds. The molecule has 22 heavy (non-hydrogen) atoms. The van der Waals surface area contributed by atoms with Crippen LogP contribution in [-0.4, -0.2) is 31.5 Å². The van der Waals surface area contributed by atoms with Crippen LogP contribution in [0.25, 0.3) is 0 Å². The maximum atomic E-state index is 12.2. The minimum Gasteiger partial charge on any atom is -0.494 e. The zero-order chi connectivity index (χ0) is 16.2. The minimum atomic E-state index is -3.80. The van der Waals surface area contributed by atoms with Crippen LogP contribution in [0.15, 0.2) is 46.5 Å². The van der Waals surface area contributed by atoms with Crippen molar-refractivity contribution in [3.8, 4) is 5.75 Å². The SMILES string of the molecule is COc1cnc(NS(=O)(=O)c2ccc(N=C(N)N)cc2)nc1. The highest BCUT2D eigenvalue weighted by atomic mass is 32.2. The number of methoxy groups -OCH3 is 1. The molecular weight excluding hydrogens is 308 g/mol. The molecule has 0 aliphatic carbocycles. The molecule has 2 rings (SSSR count). The average molecular weight is 322 g/mol. The number of sulfonamides is 1. The summed E-state index contributed by atoms with van der Waals surface area (Å²) in [7, 11) is -2.35. The maximum absolute atomic E-state index is 12.2. The second-order valence-corrected chi connectivity index (χ2v) is 5.76. The quantitative estimate of drug-likeness (QED) is 0.526. The van der Waals surface area contributed by atoms with Crippen molar-refractivity contribution in [2.75, 3.05) is 11.8 Å². The van der Waals surface area contributed by atoms with Crippen molar-refractivity contribution in [2.24, 2.45) is 16.5 Å². The Morgan fingerprint density at radius 1 is 1.18 bits per heavy atom. The molecule has 0 aliphatic heterocycles. The van der Waals surface area contributed by atoms with Gasteiger partial charge in [0, 0.05) is 0 Å². The van der Waals surface area contributed by atoms with E-state index in [1.165, 1.54) is 43.8 Å². The molecule has 10 heteroatoms. The zero-order valence-corrected chi connectivity index (χ0v) is 12.4. The number of aromatic nitrogens is 2. The molecule has 0 bridgehead atoms. The molecule has 1 aromatic carbocycles. The maximum Gasteiger partial charge on any atom is 0.264 e. The van der Waals surface area contributed by atoms with E-state index in [9.17, 15) is 8.42 Å². The van der Waals surface area contributed by atoms with Crippen molar-refractivity contribution in [3.63, 3.8) is 0 Å². The highest BCUT2D eigenvalue weighted by Gasteiger charge is 2.15. The van der Waals surface area contributed by atoms with Crippen LogP contribution in [0.5, 0.6) is 5.75 Å². The van der Waals surface area contributed by atoms with Gasteiger partial charge in [-0.3, -0.25) is 0 Å². The number of hydrogen-bond donors (Lipinski definition) is 3. The number of aliphatic imine (C=N–C) groups is 1. The molecule has 0 atom stereocenters. The van der Waals surface area contributed by atoms with Crippen molar-refractivity contribution < 1.29 is 13.2 Å². The fourth-order valence-corrected chi connectivity index (χ4v) is 2.46. The van der Waals surface area contributed by atoms with Crippen molar-refractivity contribution in [3.05, 3.63) is 36.7 Å². The number of nitrogens with one attached hydrogen (secondary N) is 1. The summed E-state index contributed by atoms with van der Waals surface area (Å²) in [5.74, 6) is 0.249. The van der Waals surface area contributed by atoms with Gasteiger partial charge in [-0.05, 0) is 24.3 Å². The van der Waals surface area contributed by atoms with E-state index in [1.807, 2.05) is 0 Å². The van der Waals surface area contributed by atoms with Crippen molar-refractivity contribution in [2.45, 2.75) is 4.90 Å². The van der Waals surface area contributed by atoms with Gasteiger partial charge in [-0.1, -0.05) is 0 Å². The lowest BCUT2D eigenvalue weighted by atomic mass is 10.3. The molecular formula is C12H14N6O3S. The Kier molecular flexibility index (Phi) is 4.41. The van der Waals surface area contributed by atoms with Crippen LogP contribution >= 0.6 is 0 Å². The number of rotatable bonds is 5. The van der Waals surface area contributed by atoms with Crippen molar-refractivity contribution in [1.82, 2.24) is 9.97 Å². The monoisotopic (exact) mass is 322 g/mol. The van der Waals surface area contributed by atoms with E-state index >= 15 is 0 Å². The van der Waals surface area contributed by atoms with E-state index in [0.717, 1.165) is 0 Å². The van der Waals surface area contributed by atoms with E-state index in [0.29, 0.717) is 11.4 Å². The van der Waals surface area contributed by atoms with Crippen LogP contribution in [0, 0.1) is 0 Å². The van der Waals surface area contributed by atoms with Gasteiger partial charge in [0.2, 0.25) is 5.95 Å². The lowest BCUT2D eigenvalue weighted by molar-refractivity contribution is 0.411. The second kappa shape index (κ2) is 6.26. The summed E-state index contributed by atoms with van der Waals surface area (Å²) in [6.07, 6.45) is 2.71. The number of anilines is 1. The van der Waals surface area contributed by atoms with E-state index < -0.39 is 10.0 Å². The third-order valence-electron chi connectivity index (χ3n) is 2.49. The Hall–Kier alpha value is -2.88. The molecule has 0 saturated heterocycles. The Labute approximate surface area is 127 Å². The highest BCUT2D eigenvalue weighted by molar-refractivity contribution is 7.92. The van der Waals surface area contributed by atoms with Crippen LogP contribution in [-0.2, 0) is 10.0 Å². The van der Waals surface area contributed by atoms with Crippen molar-refractivity contribution in [1.29, 1.82) is 0 Å². The third kappa shape index (κ3) is 3.82. The van der Waals surface area contributed by atoms with Gasteiger partial charge in [-0.2, -0.15) is 0 Å². The second-order valence-electron chi connectivity index (χ2n) is 4.08. The van der Waals surface area contributed by atoms with Crippen LogP contribution in [0.1, 0.15) is 0 Å². The number of hydrogen-bond acceptors (Lipinski definition) is 6. The summed E-state index contributed by atoms with van der Waals surface area (Å²) in [5.41, 5.74) is 10.9. The molecule has 1 heterocycles. The zero-order valence-electron chi connectivity index (χ0n) is 11.6. The van der Waals surface area contributed by atoms with Crippen LogP contribution < -0.4 is 20.9 Å². The first-order valence-electron chi connectivity index (χ1n) is 5.99. The molecule has 0 unspecified atom stereocenters. The van der Waals surface area contributed by atoms with Gasteiger partial charge in [-0.25, -0.2) is 28.1 Å². The van der Waals surface area contributed by atoms with E-state index in [4.69, 9.17) is 16.2 Å². The summed E-state index contributed by atoms with van der Waals surface area (Å²) >= 11 is 0. The Balaban J connectivity index is 2.20. The summed E-state index contributed by atoms with van der Waals surface area (Å²) < 4.78 is 31.5. The van der Waals surface area contributed by atoms with E-state index in [-0.39, 0.29) is 16.8 Å². The van der Waals surface area contributed by atoms with Gasteiger partial charge >= 0.3 is 0 Å². The molecule has 1 aromatic heterocycles. The summed E-state index contributed by atoms with van der Waals surface area (Å²) in [6.45, 7) is 0. The van der Waals surface area contributed by atoms with Gasteiger partial charge < -0.3 is 16.2 Å². The predicted molar refractivity (Wildman–Crippen MR) is 81.3 cm³/mol. The standard InChI is InChI=1S/C12H14N6O3S/c1-21-9-6-15-12(16-7-9)18-22(19,20)10-4-2-8(3-5-10)17-11(13)14/h2-7H,1H3,(H4,13,14,17)(H,15,16,18). The number of nitrogens with zero attached hydrogens (tertiary/aromatic N) is 3. The summed E-state index contributed by atoms with van der Waals surface area (Å²) in [5, 5.41) is 0. The average Bonchev–Trinajstić information content (AvgIpc) is 2.47. The normalized spacial score (nSPS) is 10.8. The molecule has 0 spiro atoms. The lowest BCUT2D eigenvalue weighted by Crippen LogP contribution is -2.21. The molecule has 0 saturated carbocycles. The lowest BCUT2D eigenvalue weighted by Gasteiger charge is -2.07. The molecule has 5 N–H and O–H groups in total. The fraction of sp³-hybridized carbons (Fsp3) is 0.0833. The first kappa shape index (κ1) is 15.5. The summed E-state index contributed by atoms with van der Waals surface area (Å²) in [4.78, 5) is 11.5. The van der Waals surface area contributed by atoms with Gasteiger partial charge in [0.25, 0.3) is 10.0 Å². The smallest absolute Gasteiger partial charge is 0.264 e. The third-order valence-corrected chi connectivity index (χ3v) is 3.84. The number of ether oxygens (including phenoxy) is 1. The molecule has 2 aromatic rings. The molecule has 0 aliphatic rings. The fourth-order valence-electron chi connectivity index (χ4n) is 1.50. The number of nitrogens with two attached hydrogens (primary N) is 2. The summed E-state index contributed by atoms with van der Waals surface area (Å²) in [6, 6.07) is 5.69. The van der Waals surface area contributed by atoms with Gasteiger partial charge in [0.05, 0.1) is 30.1 Å². The van der Waals surface area contributed by atoms with E-state index in [1.54, 1.807) is 0 Å². The molecule has 116 valence electrons. The Morgan fingerprint density at radius 2 is 1.77 bits per heavy atom. The van der Waals surface area contributed by atoms with Crippen LogP contribution in [0.2, 0.25) is 0 Å². The highest BCUT2D eigenvalue weighted by Crippen LogP contribution is 2.18. The minimum absolute atomic E-state index is 0.0291. The van der Waals surface area contributed by atoms with Crippen LogP contribution in [0.4, 0.5) is 11.6 Å². The molecule has 0 fully saturated rings. The van der Waals surface area contributed by atoms with Gasteiger partial charge in [-0.15, -0.1) is 0 Å². The first-order chi connectivity index (χ1) is 10.4.